The van der Waals surface area contributed by atoms with E-state index >= 15 is 0 Å². The zero-order chi connectivity index (χ0) is 11.7. The standard InChI is InChI=1S/C13H26O2/c1-4-5-6-8-11(2)9-7-10-12(3)13(14)15/h11-12H,4-10H2,1-3H3,(H,14,15). The van der Waals surface area contributed by atoms with Crippen molar-refractivity contribution in [3.63, 3.8) is 0 Å². The van der Waals surface area contributed by atoms with Crippen LogP contribution in [0.15, 0.2) is 0 Å². The maximum absolute atomic E-state index is 10.6. The molecular weight excluding hydrogens is 188 g/mol. The number of carboxylic acid groups (broad SMARTS) is 1. The van der Waals surface area contributed by atoms with Crippen molar-refractivity contribution in [1.82, 2.24) is 0 Å². The minimum absolute atomic E-state index is 0.173. The topological polar surface area (TPSA) is 37.3 Å². The van der Waals surface area contributed by atoms with E-state index in [1.807, 2.05) is 0 Å². The number of hydrogen-bond donors (Lipinski definition) is 1. The average molecular weight is 214 g/mol. The predicted molar refractivity (Wildman–Crippen MR) is 64.0 cm³/mol. The molecule has 0 aromatic carbocycles. The summed E-state index contributed by atoms with van der Waals surface area (Å²) in [6, 6.07) is 0. The first-order valence-corrected chi connectivity index (χ1v) is 6.30. The molecule has 2 atom stereocenters. The van der Waals surface area contributed by atoms with Gasteiger partial charge in [-0.3, -0.25) is 4.79 Å². The molecule has 2 nitrogen and oxygen atoms in total. The lowest BCUT2D eigenvalue weighted by molar-refractivity contribution is -0.141. The van der Waals surface area contributed by atoms with E-state index in [-0.39, 0.29) is 5.92 Å². The van der Waals surface area contributed by atoms with E-state index in [1.165, 1.54) is 32.1 Å². The fourth-order valence-corrected chi connectivity index (χ4v) is 1.78. The minimum Gasteiger partial charge on any atom is -0.481 e. The molecule has 0 fully saturated rings. The molecule has 0 rings (SSSR count). The first kappa shape index (κ1) is 14.5. The quantitative estimate of drug-likeness (QED) is 0.587. The van der Waals surface area contributed by atoms with Gasteiger partial charge in [-0.25, -0.2) is 0 Å². The molecule has 0 radical (unpaired) electrons. The lowest BCUT2D eigenvalue weighted by atomic mass is 9.95. The van der Waals surface area contributed by atoms with Crippen molar-refractivity contribution < 1.29 is 9.90 Å². The fourth-order valence-electron chi connectivity index (χ4n) is 1.78. The zero-order valence-corrected chi connectivity index (χ0v) is 10.5. The molecule has 0 saturated carbocycles. The third-order valence-corrected chi connectivity index (χ3v) is 3.06. The largest absolute Gasteiger partial charge is 0.481 e. The van der Waals surface area contributed by atoms with Crippen LogP contribution in [0.25, 0.3) is 0 Å². The maximum atomic E-state index is 10.6. The Balaban J connectivity index is 3.38. The summed E-state index contributed by atoms with van der Waals surface area (Å²) >= 11 is 0. The second-order valence-electron chi connectivity index (χ2n) is 4.77. The van der Waals surface area contributed by atoms with Crippen molar-refractivity contribution >= 4 is 5.97 Å². The molecular formula is C13H26O2. The SMILES string of the molecule is CCCCCC(C)CCCC(C)C(=O)O. The third-order valence-electron chi connectivity index (χ3n) is 3.06. The smallest absolute Gasteiger partial charge is 0.306 e. The molecule has 0 aliphatic rings. The summed E-state index contributed by atoms with van der Waals surface area (Å²) in [6.07, 6.45) is 8.30. The summed E-state index contributed by atoms with van der Waals surface area (Å²) in [7, 11) is 0. The van der Waals surface area contributed by atoms with Crippen LogP contribution in [0.2, 0.25) is 0 Å². The van der Waals surface area contributed by atoms with Crippen molar-refractivity contribution in [2.45, 2.75) is 65.7 Å². The fraction of sp³-hybridized carbons (Fsp3) is 0.923. The molecule has 0 saturated heterocycles. The van der Waals surface area contributed by atoms with E-state index in [1.54, 1.807) is 6.92 Å². The van der Waals surface area contributed by atoms with E-state index in [9.17, 15) is 4.79 Å². The highest BCUT2D eigenvalue weighted by atomic mass is 16.4. The second kappa shape index (κ2) is 8.75. The van der Waals surface area contributed by atoms with E-state index in [2.05, 4.69) is 13.8 Å². The number of carboxylic acids is 1. The lowest BCUT2D eigenvalue weighted by Crippen LogP contribution is -2.09. The lowest BCUT2D eigenvalue weighted by Gasteiger charge is -2.11. The van der Waals surface area contributed by atoms with Crippen molar-refractivity contribution in [2.75, 3.05) is 0 Å². The van der Waals surface area contributed by atoms with Crippen LogP contribution in [0.3, 0.4) is 0 Å². The molecule has 2 unspecified atom stereocenters. The number of carbonyl (C=O) groups is 1. The van der Waals surface area contributed by atoms with Crippen LogP contribution >= 0.6 is 0 Å². The van der Waals surface area contributed by atoms with Crippen molar-refractivity contribution in [3.8, 4) is 0 Å². The summed E-state index contributed by atoms with van der Waals surface area (Å²) in [5, 5.41) is 8.72. The molecule has 1 N–H and O–H groups in total. The Morgan fingerprint density at radius 3 is 2.20 bits per heavy atom. The van der Waals surface area contributed by atoms with Crippen LogP contribution in [0.4, 0.5) is 0 Å². The summed E-state index contributed by atoms with van der Waals surface area (Å²) in [5.74, 6) is -0.0703. The van der Waals surface area contributed by atoms with Gasteiger partial charge in [-0.05, 0) is 12.3 Å². The highest BCUT2D eigenvalue weighted by Gasteiger charge is 2.10. The van der Waals surface area contributed by atoms with Gasteiger partial charge in [-0.15, -0.1) is 0 Å². The van der Waals surface area contributed by atoms with Crippen LogP contribution in [-0.4, -0.2) is 11.1 Å². The number of hydrogen-bond acceptors (Lipinski definition) is 1. The monoisotopic (exact) mass is 214 g/mol. The predicted octanol–water partition coefficient (Wildman–Crippen LogP) is 4.09. The second-order valence-corrected chi connectivity index (χ2v) is 4.77. The van der Waals surface area contributed by atoms with Gasteiger partial charge in [0.2, 0.25) is 0 Å². The van der Waals surface area contributed by atoms with Crippen molar-refractivity contribution in [1.29, 1.82) is 0 Å². The van der Waals surface area contributed by atoms with Crippen LogP contribution in [0.5, 0.6) is 0 Å². The summed E-state index contributed by atoms with van der Waals surface area (Å²) in [5.41, 5.74) is 0. The summed E-state index contributed by atoms with van der Waals surface area (Å²) in [4.78, 5) is 10.6. The highest BCUT2D eigenvalue weighted by Crippen LogP contribution is 2.18. The van der Waals surface area contributed by atoms with Gasteiger partial charge >= 0.3 is 5.97 Å². The average Bonchev–Trinajstić information content (AvgIpc) is 2.18. The van der Waals surface area contributed by atoms with E-state index in [0.29, 0.717) is 0 Å². The van der Waals surface area contributed by atoms with Gasteiger partial charge in [-0.2, -0.15) is 0 Å². The van der Waals surface area contributed by atoms with Gasteiger partial charge in [0.25, 0.3) is 0 Å². The van der Waals surface area contributed by atoms with E-state index < -0.39 is 5.97 Å². The van der Waals surface area contributed by atoms with Crippen LogP contribution in [0, 0.1) is 11.8 Å². The number of unbranched alkanes of at least 4 members (excludes halogenated alkanes) is 2. The Bertz CT molecular complexity index is 166. The Hall–Kier alpha value is -0.530. The minimum atomic E-state index is -0.659. The molecule has 15 heavy (non-hydrogen) atoms. The van der Waals surface area contributed by atoms with Crippen molar-refractivity contribution in [3.05, 3.63) is 0 Å². The molecule has 0 aliphatic heterocycles. The van der Waals surface area contributed by atoms with Gasteiger partial charge in [0.05, 0.1) is 5.92 Å². The normalized spacial score (nSPS) is 14.9. The molecule has 2 heteroatoms. The zero-order valence-electron chi connectivity index (χ0n) is 10.5. The van der Waals surface area contributed by atoms with E-state index in [4.69, 9.17) is 5.11 Å². The summed E-state index contributed by atoms with van der Waals surface area (Å²) in [6.45, 7) is 6.30. The Labute approximate surface area is 94.1 Å². The Morgan fingerprint density at radius 2 is 1.67 bits per heavy atom. The van der Waals surface area contributed by atoms with Gasteiger partial charge < -0.3 is 5.11 Å². The van der Waals surface area contributed by atoms with Gasteiger partial charge in [0.15, 0.2) is 0 Å². The van der Waals surface area contributed by atoms with Gasteiger partial charge in [0, 0.05) is 0 Å². The Morgan fingerprint density at radius 1 is 1.07 bits per heavy atom. The number of rotatable bonds is 9. The van der Waals surface area contributed by atoms with Crippen LogP contribution in [-0.2, 0) is 4.79 Å². The molecule has 0 aromatic heterocycles. The number of aliphatic carboxylic acids is 1. The summed E-state index contributed by atoms with van der Waals surface area (Å²) < 4.78 is 0. The molecule has 0 bridgehead atoms. The molecule has 90 valence electrons. The first-order valence-electron chi connectivity index (χ1n) is 6.30. The van der Waals surface area contributed by atoms with Crippen LogP contribution < -0.4 is 0 Å². The molecule has 0 spiro atoms. The van der Waals surface area contributed by atoms with E-state index in [0.717, 1.165) is 18.8 Å². The van der Waals surface area contributed by atoms with Crippen molar-refractivity contribution in [2.24, 2.45) is 11.8 Å². The van der Waals surface area contributed by atoms with Gasteiger partial charge in [-0.1, -0.05) is 59.3 Å². The Kier molecular flexibility index (Phi) is 8.44. The molecule has 0 heterocycles. The highest BCUT2D eigenvalue weighted by molar-refractivity contribution is 5.69. The third kappa shape index (κ3) is 8.46. The molecule has 0 aliphatic carbocycles. The first-order chi connectivity index (χ1) is 7.07. The molecule has 0 amide bonds. The molecule has 0 aromatic rings. The van der Waals surface area contributed by atoms with Gasteiger partial charge in [0.1, 0.15) is 0 Å². The van der Waals surface area contributed by atoms with Crippen LogP contribution in [0.1, 0.15) is 65.7 Å². The maximum Gasteiger partial charge on any atom is 0.306 e.